The van der Waals surface area contributed by atoms with Crippen LogP contribution in [-0.2, 0) is 4.79 Å². The standard InChI is InChI=1S/C12H16N2O5/c1-7-5-8(3-4-10(7)19-2)13-12(18)14-9(6-15)11(16)17/h3-5,9,15H,6H2,1-2H3,(H,16,17)(H2,13,14,18)/t9-/m1/s1. The Kier molecular flexibility index (Phi) is 5.13. The first-order chi connectivity index (χ1) is 8.97. The van der Waals surface area contributed by atoms with Crippen molar-refractivity contribution in [3.63, 3.8) is 0 Å². The summed E-state index contributed by atoms with van der Waals surface area (Å²) in [6.07, 6.45) is 0. The molecule has 0 aliphatic rings. The van der Waals surface area contributed by atoms with Gasteiger partial charge in [-0.2, -0.15) is 0 Å². The normalized spacial score (nSPS) is 11.5. The Morgan fingerprint density at radius 3 is 2.58 bits per heavy atom. The van der Waals surface area contributed by atoms with Gasteiger partial charge in [0.15, 0.2) is 6.04 Å². The van der Waals surface area contributed by atoms with Crippen LogP contribution in [0, 0.1) is 6.92 Å². The van der Waals surface area contributed by atoms with Crippen molar-refractivity contribution in [2.75, 3.05) is 19.0 Å². The Bertz CT molecular complexity index is 475. The zero-order valence-corrected chi connectivity index (χ0v) is 10.6. The van der Waals surface area contributed by atoms with Gasteiger partial charge in [-0.3, -0.25) is 0 Å². The van der Waals surface area contributed by atoms with E-state index in [4.69, 9.17) is 14.9 Å². The zero-order chi connectivity index (χ0) is 14.4. The van der Waals surface area contributed by atoms with E-state index >= 15 is 0 Å². The molecule has 0 spiro atoms. The quantitative estimate of drug-likeness (QED) is 0.624. The summed E-state index contributed by atoms with van der Waals surface area (Å²) in [4.78, 5) is 22.2. The van der Waals surface area contributed by atoms with Crippen LogP contribution in [0.4, 0.5) is 10.5 Å². The van der Waals surface area contributed by atoms with E-state index in [1.807, 2.05) is 6.92 Å². The first-order valence-electron chi connectivity index (χ1n) is 5.53. The average molecular weight is 268 g/mol. The minimum absolute atomic E-state index is 0.498. The third kappa shape index (κ3) is 4.14. The van der Waals surface area contributed by atoms with Crippen LogP contribution in [0.2, 0.25) is 0 Å². The number of carboxylic acids is 1. The molecule has 7 heteroatoms. The van der Waals surface area contributed by atoms with Crippen LogP contribution in [-0.4, -0.2) is 42.0 Å². The number of urea groups is 1. The summed E-state index contributed by atoms with van der Waals surface area (Å²) in [6, 6.07) is 2.96. The van der Waals surface area contributed by atoms with Crippen LogP contribution in [0.3, 0.4) is 0 Å². The van der Waals surface area contributed by atoms with E-state index in [1.54, 1.807) is 25.3 Å². The van der Waals surface area contributed by atoms with E-state index in [1.165, 1.54) is 0 Å². The van der Waals surface area contributed by atoms with Crippen LogP contribution >= 0.6 is 0 Å². The van der Waals surface area contributed by atoms with Crippen molar-refractivity contribution in [1.29, 1.82) is 0 Å². The smallest absolute Gasteiger partial charge is 0.328 e. The number of carbonyl (C=O) groups is 2. The van der Waals surface area contributed by atoms with Crippen LogP contribution in [0.25, 0.3) is 0 Å². The van der Waals surface area contributed by atoms with Gasteiger partial charge in [-0.15, -0.1) is 0 Å². The molecule has 1 aromatic rings. The SMILES string of the molecule is COc1ccc(NC(=O)N[C@H](CO)C(=O)O)cc1C. The molecule has 19 heavy (non-hydrogen) atoms. The number of carbonyl (C=O) groups excluding carboxylic acids is 1. The van der Waals surface area contributed by atoms with Gasteiger partial charge < -0.3 is 25.6 Å². The Hall–Kier alpha value is -2.28. The number of aliphatic hydroxyl groups is 1. The molecule has 1 atom stereocenters. The molecule has 104 valence electrons. The maximum absolute atomic E-state index is 11.5. The van der Waals surface area contributed by atoms with Gasteiger partial charge >= 0.3 is 12.0 Å². The second-order valence-electron chi connectivity index (χ2n) is 3.86. The van der Waals surface area contributed by atoms with E-state index in [0.29, 0.717) is 11.4 Å². The number of anilines is 1. The molecule has 0 aromatic heterocycles. The molecule has 2 amide bonds. The van der Waals surface area contributed by atoms with Crippen molar-refractivity contribution >= 4 is 17.7 Å². The third-order valence-electron chi connectivity index (χ3n) is 2.44. The van der Waals surface area contributed by atoms with E-state index in [-0.39, 0.29) is 0 Å². The highest BCUT2D eigenvalue weighted by molar-refractivity contribution is 5.92. The number of nitrogens with one attached hydrogen (secondary N) is 2. The van der Waals surface area contributed by atoms with Crippen LogP contribution in [0.1, 0.15) is 5.56 Å². The Labute approximate surface area is 110 Å². The number of methoxy groups -OCH3 is 1. The third-order valence-corrected chi connectivity index (χ3v) is 2.44. The molecule has 0 heterocycles. The molecule has 0 unspecified atom stereocenters. The van der Waals surface area contributed by atoms with Gasteiger partial charge in [0.1, 0.15) is 5.75 Å². The minimum atomic E-state index is -1.33. The van der Waals surface area contributed by atoms with Gasteiger partial charge in [-0.1, -0.05) is 0 Å². The number of hydrogen-bond donors (Lipinski definition) is 4. The van der Waals surface area contributed by atoms with Crippen LogP contribution in [0.5, 0.6) is 5.75 Å². The number of ether oxygens (including phenoxy) is 1. The van der Waals surface area contributed by atoms with Crippen molar-refractivity contribution < 1.29 is 24.5 Å². The summed E-state index contributed by atoms with van der Waals surface area (Å²) in [5, 5.41) is 22.1. The maximum Gasteiger partial charge on any atom is 0.328 e. The van der Waals surface area contributed by atoms with E-state index in [9.17, 15) is 9.59 Å². The van der Waals surface area contributed by atoms with Gasteiger partial charge in [0.05, 0.1) is 13.7 Å². The Balaban J connectivity index is 2.67. The lowest BCUT2D eigenvalue weighted by molar-refractivity contribution is -0.140. The van der Waals surface area contributed by atoms with E-state index in [2.05, 4.69) is 10.6 Å². The number of carboxylic acid groups (broad SMARTS) is 1. The summed E-state index contributed by atoms with van der Waals surface area (Å²) < 4.78 is 5.08. The summed E-state index contributed by atoms with van der Waals surface area (Å²) in [7, 11) is 1.54. The fourth-order valence-electron chi connectivity index (χ4n) is 1.47. The molecule has 0 aliphatic heterocycles. The molecule has 0 bridgehead atoms. The number of aliphatic carboxylic acids is 1. The topological polar surface area (TPSA) is 108 Å². The van der Waals surface area contributed by atoms with E-state index in [0.717, 1.165) is 5.56 Å². The van der Waals surface area contributed by atoms with Gasteiger partial charge in [0.2, 0.25) is 0 Å². The molecule has 0 radical (unpaired) electrons. The molecule has 0 fully saturated rings. The number of aryl methyl sites for hydroxylation is 1. The Morgan fingerprint density at radius 2 is 2.11 bits per heavy atom. The molecule has 0 saturated carbocycles. The van der Waals surface area contributed by atoms with Crippen molar-refractivity contribution in [3.8, 4) is 5.75 Å². The van der Waals surface area contributed by atoms with Crippen LogP contribution in [0.15, 0.2) is 18.2 Å². The zero-order valence-electron chi connectivity index (χ0n) is 10.6. The number of aliphatic hydroxyl groups excluding tert-OH is 1. The predicted octanol–water partition coefficient (Wildman–Crippen LogP) is 0.571. The molecular formula is C12H16N2O5. The fraction of sp³-hybridized carbons (Fsp3) is 0.333. The number of benzene rings is 1. The van der Waals surface area contributed by atoms with Crippen molar-refractivity contribution in [3.05, 3.63) is 23.8 Å². The molecular weight excluding hydrogens is 252 g/mol. The molecule has 1 rings (SSSR count). The number of hydrogen-bond acceptors (Lipinski definition) is 4. The molecule has 0 saturated heterocycles. The highest BCUT2D eigenvalue weighted by Crippen LogP contribution is 2.21. The number of rotatable bonds is 5. The lowest BCUT2D eigenvalue weighted by atomic mass is 10.2. The fourth-order valence-corrected chi connectivity index (χ4v) is 1.47. The van der Waals surface area contributed by atoms with Gasteiger partial charge in [0.25, 0.3) is 0 Å². The molecule has 1 aromatic carbocycles. The Morgan fingerprint density at radius 1 is 1.42 bits per heavy atom. The predicted molar refractivity (Wildman–Crippen MR) is 68.4 cm³/mol. The first-order valence-corrected chi connectivity index (χ1v) is 5.53. The van der Waals surface area contributed by atoms with Crippen molar-refractivity contribution in [2.24, 2.45) is 0 Å². The monoisotopic (exact) mass is 268 g/mol. The summed E-state index contributed by atoms with van der Waals surface area (Å²) >= 11 is 0. The lowest BCUT2D eigenvalue weighted by Gasteiger charge is -2.13. The van der Waals surface area contributed by atoms with E-state index < -0.39 is 24.6 Å². The number of amides is 2. The van der Waals surface area contributed by atoms with Gasteiger partial charge in [0, 0.05) is 5.69 Å². The first kappa shape index (κ1) is 14.8. The summed E-state index contributed by atoms with van der Waals surface area (Å²) in [5.41, 5.74) is 1.33. The maximum atomic E-state index is 11.5. The molecule has 7 nitrogen and oxygen atoms in total. The van der Waals surface area contributed by atoms with Crippen molar-refractivity contribution in [2.45, 2.75) is 13.0 Å². The van der Waals surface area contributed by atoms with Gasteiger partial charge in [-0.25, -0.2) is 9.59 Å². The highest BCUT2D eigenvalue weighted by Gasteiger charge is 2.18. The largest absolute Gasteiger partial charge is 0.496 e. The highest BCUT2D eigenvalue weighted by atomic mass is 16.5. The van der Waals surface area contributed by atoms with Crippen molar-refractivity contribution in [1.82, 2.24) is 5.32 Å². The average Bonchev–Trinajstić information content (AvgIpc) is 2.35. The summed E-state index contributed by atoms with van der Waals surface area (Å²) in [6.45, 7) is 1.14. The van der Waals surface area contributed by atoms with Gasteiger partial charge in [-0.05, 0) is 30.7 Å². The summed E-state index contributed by atoms with van der Waals surface area (Å²) in [5.74, 6) is -0.617. The molecule has 0 aliphatic carbocycles. The van der Waals surface area contributed by atoms with Crippen LogP contribution < -0.4 is 15.4 Å². The second-order valence-corrected chi connectivity index (χ2v) is 3.86. The lowest BCUT2D eigenvalue weighted by Crippen LogP contribution is -2.45. The molecule has 4 N–H and O–H groups in total. The minimum Gasteiger partial charge on any atom is -0.496 e. The second kappa shape index (κ2) is 6.60.